The second kappa shape index (κ2) is 6.36. The molecule has 1 aliphatic rings. The second-order valence-corrected chi connectivity index (χ2v) is 6.32. The summed E-state index contributed by atoms with van der Waals surface area (Å²) in [5.74, 6) is 1.22. The highest BCUT2D eigenvalue weighted by Gasteiger charge is 2.21. The lowest BCUT2D eigenvalue weighted by atomic mass is 10.0. The number of hydrogen-bond donors (Lipinski definition) is 0. The molecule has 0 radical (unpaired) electrons. The Balaban J connectivity index is 1.87. The molecule has 106 valence electrons. The molecule has 0 N–H and O–H groups in total. The number of nitrogens with zero attached hydrogens (tertiary/aromatic N) is 5. The van der Waals surface area contributed by atoms with E-state index in [2.05, 4.69) is 22.4 Å². The molecule has 1 aromatic heterocycles. The molecular formula is C12H21N5OS. The van der Waals surface area contributed by atoms with Crippen molar-refractivity contribution in [3.8, 4) is 0 Å². The van der Waals surface area contributed by atoms with Crippen molar-refractivity contribution >= 4 is 17.7 Å². The number of tetrazole rings is 1. The molecule has 1 amide bonds. The smallest absolute Gasteiger partial charge is 0.233 e. The van der Waals surface area contributed by atoms with Gasteiger partial charge in [-0.1, -0.05) is 18.7 Å². The first-order chi connectivity index (χ1) is 9.08. The van der Waals surface area contributed by atoms with Gasteiger partial charge in [-0.2, -0.15) is 0 Å². The zero-order valence-electron chi connectivity index (χ0n) is 11.7. The van der Waals surface area contributed by atoms with E-state index in [0.717, 1.165) is 19.5 Å². The molecule has 0 saturated carbocycles. The van der Waals surface area contributed by atoms with Crippen molar-refractivity contribution in [1.82, 2.24) is 25.1 Å². The molecule has 1 atom stereocenters. The van der Waals surface area contributed by atoms with Gasteiger partial charge in [-0.25, -0.2) is 4.68 Å². The first-order valence-electron chi connectivity index (χ1n) is 6.76. The molecule has 1 aromatic rings. The molecule has 0 aliphatic carbocycles. The molecule has 19 heavy (non-hydrogen) atoms. The van der Waals surface area contributed by atoms with Crippen LogP contribution in [0.2, 0.25) is 0 Å². The van der Waals surface area contributed by atoms with Crippen molar-refractivity contribution in [3.05, 3.63) is 0 Å². The molecule has 2 rings (SSSR count). The number of piperidine rings is 1. The zero-order chi connectivity index (χ0) is 13.8. The van der Waals surface area contributed by atoms with Crippen LogP contribution in [0.4, 0.5) is 0 Å². The Morgan fingerprint density at radius 1 is 1.53 bits per heavy atom. The van der Waals surface area contributed by atoms with Crippen LogP contribution in [0.25, 0.3) is 0 Å². The van der Waals surface area contributed by atoms with E-state index in [1.165, 1.54) is 18.2 Å². The van der Waals surface area contributed by atoms with Crippen LogP contribution < -0.4 is 0 Å². The molecular weight excluding hydrogens is 262 g/mol. The summed E-state index contributed by atoms with van der Waals surface area (Å²) in [7, 11) is 0. The zero-order valence-corrected chi connectivity index (χ0v) is 12.6. The van der Waals surface area contributed by atoms with Gasteiger partial charge in [0.15, 0.2) is 0 Å². The average molecular weight is 283 g/mol. The van der Waals surface area contributed by atoms with E-state index in [0.29, 0.717) is 16.8 Å². The number of thioether (sulfide) groups is 1. The van der Waals surface area contributed by atoms with Crippen LogP contribution >= 0.6 is 11.8 Å². The lowest BCUT2D eigenvalue weighted by Crippen LogP contribution is -2.40. The van der Waals surface area contributed by atoms with E-state index < -0.39 is 0 Å². The minimum absolute atomic E-state index is 0.190. The number of hydrogen-bond acceptors (Lipinski definition) is 5. The highest BCUT2D eigenvalue weighted by molar-refractivity contribution is 7.99. The van der Waals surface area contributed by atoms with Gasteiger partial charge in [0.05, 0.1) is 11.8 Å². The van der Waals surface area contributed by atoms with E-state index in [9.17, 15) is 4.79 Å². The van der Waals surface area contributed by atoms with Crippen molar-refractivity contribution in [1.29, 1.82) is 0 Å². The fourth-order valence-corrected chi connectivity index (χ4v) is 3.15. The summed E-state index contributed by atoms with van der Waals surface area (Å²) < 4.78 is 1.75. The first-order valence-corrected chi connectivity index (χ1v) is 7.75. The molecule has 6 nitrogen and oxygen atoms in total. The number of likely N-dealkylation sites (tertiary alicyclic amines) is 1. The average Bonchev–Trinajstić information content (AvgIpc) is 2.84. The standard InChI is InChI=1S/C12H21N5OS/c1-9(2)17-12(13-14-15-17)19-8-11(18)16-6-4-5-10(3)7-16/h9-10H,4-8H2,1-3H3. The topological polar surface area (TPSA) is 63.9 Å². The highest BCUT2D eigenvalue weighted by atomic mass is 32.2. The van der Waals surface area contributed by atoms with Gasteiger partial charge < -0.3 is 4.90 Å². The second-order valence-electron chi connectivity index (χ2n) is 5.38. The van der Waals surface area contributed by atoms with Crippen LogP contribution in [-0.2, 0) is 4.79 Å². The molecule has 1 aliphatic heterocycles. The lowest BCUT2D eigenvalue weighted by molar-refractivity contribution is -0.130. The Bertz CT molecular complexity index is 434. The van der Waals surface area contributed by atoms with Gasteiger partial charge in [-0.15, -0.1) is 5.10 Å². The van der Waals surface area contributed by atoms with Crippen molar-refractivity contribution in [2.45, 2.75) is 44.8 Å². The van der Waals surface area contributed by atoms with Gasteiger partial charge in [0.25, 0.3) is 0 Å². The van der Waals surface area contributed by atoms with Gasteiger partial charge in [0.1, 0.15) is 0 Å². The monoisotopic (exact) mass is 283 g/mol. The maximum Gasteiger partial charge on any atom is 0.233 e. The van der Waals surface area contributed by atoms with E-state index in [4.69, 9.17) is 0 Å². The molecule has 0 aromatic carbocycles. The minimum atomic E-state index is 0.190. The summed E-state index contributed by atoms with van der Waals surface area (Å²) in [6, 6.07) is 0.211. The van der Waals surface area contributed by atoms with Gasteiger partial charge in [-0.05, 0) is 43.0 Å². The molecule has 1 fully saturated rings. The van der Waals surface area contributed by atoms with Crippen LogP contribution in [0.3, 0.4) is 0 Å². The lowest BCUT2D eigenvalue weighted by Gasteiger charge is -2.30. The van der Waals surface area contributed by atoms with Crippen LogP contribution in [0.15, 0.2) is 5.16 Å². The third-order valence-electron chi connectivity index (χ3n) is 3.29. The number of aromatic nitrogens is 4. The maximum atomic E-state index is 12.1. The Labute approximate surface area is 117 Å². The van der Waals surface area contributed by atoms with E-state index in [-0.39, 0.29) is 11.9 Å². The SMILES string of the molecule is CC1CCCN(C(=O)CSc2nnnn2C(C)C)C1. The third-order valence-corrected chi connectivity index (χ3v) is 4.20. The fourth-order valence-electron chi connectivity index (χ4n) is 2.24. The summed E-state index contributed by atoms with van der Waals surface area (Å²) in [5.41, 5.74) is 0. The van der Waals surface area contributed by atoms with Crippen molar-refractivity contribution in [3.63, 3.8) is 0 Å². The van der Waals surface area contributed by atoms with Gasteiger partial charge in [-0.3, -0.25) is 4.79 Å². The van der Waals surface area contributed by atoms with E-state index >= 15 is 0 Å². The van der Waals surface area contributed by atoms with E-state index in [1.54, 1.807) is 4.68 Å². The number of carbonyl (C=O) groups excluding carboxylic acids is 1. The van der Waals surface area contributed by atoms with Gasteiger partial charge >= 0.3 is 0 Å². The summed E-state index contributed by atoms with van der Waals surface area (Å²) in [6.45, 7) is 8.02. The van der Waals surface area contributed by atoms with Gasteiger partial charge in [0.2, 0.25) is 11.1 Å². The Kier molecular flexibility index (Phi) is 4.79. The molecule has 1 saturated heterocycles. The molecule has 1 unspecified atom stereocenters. The summed E-state index contributed by atoms with van der Waals surface area (Å²) in [6.07, 6.45) is 2.34. The number of rotatable bonds is 4. The normalized spacial score (nSPS) is 20.0. The summed E-state index contributed by atoms with van der Waals surface area (Å²) >= 11 is 1.42. The van der Waals surface area contributed by atoms with Crippen LogP contribution in [0.1, 0.15) is 39.7 Å². The molecule has 7 heteroatoms. The third kappa shape index (κ3) is 3.68. The molecule has 0 spiro atoms. The number of amides is 1. The largest absolute Gasteiger partial charge is 0.342 e. The summed E-state index contributed by atoms with van der Waals surface area (Å²) in [4.78, 5) is 14.1. The first kappa shape index (κ1) is 14.3. The predicted octanol–water partition coefficient (Wildman–Crippen LogP) is 1.60. The highest BCUT2D eigenvalue weighted by Crippen LogP contribution is 2.20. The Morgan fingerprint density at radius 2 is 2.32 bits per heavy atom. The minimum Gasteiger partial charge on any atom is -0.342 e. The van der Waals surface area contributed by atoms with Crippen LogP contribution in [0.5, 0.6) is 0 Å². The van der Waals surface area contributed by atoms with Crippen molar-refractivity contribution in [2.24, 2.45) is 5.92 Å². The Morgan fingerprint density at radius 3 is 3.00 bits per heavy atom. The predicted molar refractivity (Wildman–Crippen MR) is 73.9 cm³/mol. The van der Waals surface area contributed by atoms with Crippen molar-refractivity contribution in [2.75, 3.05) is 18.8 Å². The fraction of sp³-hybridized carbons (Fsp3) is 0.833. The van der Waals surface area contributed by atoms with Gasteiger partial charge in [0, 0.05) is 13.1 Å². The van der Waals surface area contributed by atoms with Crippen LogP contribution in [-0.4, -0.2) is 49.9 Å². The van der Waals surface area contributed by atoms with Crippen LogP contribution in [0, 0.1) is 5.92 Å². The van der Waals surface area contributed by atoms with E-state index in [1.807, 2.05) is 18.7 Å². The molecule has 2 heterocycles. The quantitative estimate of drug-likeness (QED) is 0.785. The molecule has 0 bridgehead atoms. The van der Waals surface area contributed by atoms with Crippen molar-refractivity contribution < 1.29 is 4.79 Å². The maximum absolute atomic E-state index is 12.1. The Hall–Kier alpha value is -1.11. The summed E-state index contributed by atoms with van der Waals surface area (Å²) in [5, 5.41) is 12.3. The number of carbonyl (C=O) groups is 1.